The van der Waals surface area contributed by atoms with Gasteiger partial charge in [-0.2, -0.15) is 20.2 Å². The van der Waals surface area contributed by atoms with E-state index in [0.717, 1.165) is 22.8 Å². The van der Waals surface area contributed by atoms with Gasteiger partial charge in [0.2, 0.25) is 0 Å². The van der Waals surface area contributed by atoms with Crippen molar-refractivity contribution >= 4 is 21.9 Å². The maximum Gasteiger partial charge on any atom is 0.297 e. The Balaban J connectivity index is 1.56. The van der Waals surface area contributed by atoms with E-state index in [9.17, 15) is 8.42 Å². The molecule has 0 bridgehead atoms. The fourth-order valence-corrected chi connectivity index (χ4v) is 3.81. The molecular weight excluding hydrogens is 372 g/mol. The number of rotatable bonds is 11. The molecule has 0 aromatic heterocycles. The quantitative estimate of drug-likeness (QED) is 0.427. The van der Waals surface area contributed by atoms with E-state index in [-0.39, 0.29) is 18.1 Å². The van der Waals surface area contributed by atoms with Crippen LogP contribution < -0.4 is 4.74 Å². The molecule has 0 radical (unpaired) electrons. The highest BCUT2D eigenvalue weighted by Gasteiger charge is 2.14. The van der Waals surface area contributed by atoms with E-state index in [1.165, 1.54) is 5.56 Å². The van der Waals surface area contributed by atoms with E-state index in [4.69, 9.17) is 13.7 Å². The van der Waals surface area contributed by atoms with Gasteiger partial charge in [-0.05, 0) is 36.8 Å². The second-order valence-corrected chi connectivity index (χ2v) is 8.32. The van der Waals surface area contributed by atoms with Crippen molar-refractivity contribution in [3.05, 3.63) is 59.7 Å². The van der Waals surface area contributed by atoms with Gasteiger partial charge in [0.25, 0.3) is 10.1 Å². The van der Waals surface area contributed by atoms with Crippen molar-refractivity contribution in [2.24, 2.45) is 0 Å². The molecule has 0 aliphatic carbocycles. The molecule has 0 unspecified atom stereocenters. The van der Waals surface area contributed by atoms with Crippen LogP contribution in [0.25, 0.3) is 0 Å². The highest BCUT2D eigenvalue weighted by atomic mass is 32.2. The van der Waals surface area contributed by atoms with Crippen molar-refractivity contribution in [2.45, 2.75) is 17.6 Å². The molecule has 0 atom stereocenters. The van der Waals surface area contributed by atoms with Gasteiger partial charge in [-0.3, -0.25) is 4.18 Å². The predicted molar refractivity (Wildman–Crippen MR) is 104 cm³/mol. The molecule has 2 aromatic rings. The van der Waals surface area contributed by atoms with Gasteiger partial charge in [0, 0.05) is 11.5 Å². The maximum atomic E-state index is 12.0. The van der Waals surface area contributed by atoms with Gasteiger partial charge in [-0.1, -0.05) is 29.8 Å². The third kappa shape index (κ3) is 6.99. The van der Waals surface area contributed by atoms with Crippen LogP contribution in [0, 0.1) is 6.92 Å². The van der Waals surface area contributed by atoms with Crippen LogP contribution in [0.1, 0.15) is 11.1 Å². The minimum atomic E-state index is -3.71. The summed E-state index contributed by atoms with van der Waals surface area (Å²) in [5.41, 5.74) is 2.22. The number of ether oxygens (including phenoxy) is 2. The number of methoxy groups -OCH3 is 1. The minimum Gasteiger partial charge on any atom is -0.497 e. The molecule has 0 spiro atoms. The van der Waals surface area contributed by atoms with Gasteiger partial charge in [0.05, 0.1) is 31.8 Å². The van der Waals surface area contributed by atoms with E-state index in [1.54, 1.807) is 43.1 Å². The lowest BCUT2D eigenvalue weighted by atomic mass is 10.2. The zero-order valence-electron chi connectivity index (χ0n) is 15.0. The lowest BCUT2D eigenvalue weighted by molar-refractivity contribution is 0.114. The minimum absolute atomic E-state index is 0.0133. The summed E-state index contributed by atoms with van der Waals surface area (Å²) in [5.74, 6) is 2.57. The Morgan fingerprint density at radius 1 is 0.923 bits per heavy atom. The largest absolute Gasteiger partial charge is 0.497 e. The first-order valence-electron chi connectivity index (χ1n) is 8.26. The predicted octanol–water partition coefficient (Wildman–Crippen LogP) is 3.66. The summed E-state index contributed by atoms with van der Waals surface area (Å²) in [6.07, 6.45) is 0. The topological polar surface area (TPSA) is 61.8 Å². The van der Waals surface area contributed by atoms with Crippen LogP contribution in [-0.2, 0) is 24.8 Å². The SMILES string of the molecule is COc1ccc(CSCCOCCOS(=O)(=O)c2ccc(C)cc2)cc1. The first-order chi connectivity index (χ1) is 12.5. The Morgan fingerprint density at radius 3 is 2.27 bits per heavy atom. The number of hydrogen-bond acceptors (Lipinski definition) is 6. The summed E-state index contributed by atoms with van der Waals surface area (Å²) >= 11 is 1.76. The molecule has 0 aliphatic heterocycles. The fraction of sp³-hybridized carbons (Fsp3) is 0.368. The Labute approximate surface area is 159 Å². The molecule has 7 heteroatoms. The van der Waals surface area contributed by atoms with Crippen molar-refractivity contribution < 1.29 is 22.1 Å². The van der Waals surface area contributed by atoms with Crippen molar-refractivity contribution in [3.63, 3.8) is 0 Å². The molecule has 2 aromatic carbocycles. The third-order valence-electron chi connectivity index (χ3n) is 3.58. The van der Waals surface area contributed by atoms with Crippen LogP contribution in [0.2, 0.25) is 0 Å². The van der Waals surface area contributed by atoms with Crippen molar-refractivity contribution in [1.29, 1.82) is 0 Å². The Morgan fingerprint density at radius 2 is 1.62 bits per heavy atom. The van der Waals surface area contributed by atoms with Crippen LogP contribution in [0.3, 0.4) is 0 Å². The van der Waals surface area contributed by atoms with Crippen LogP contribution >= 0.6 is 11.8 Å². The maximum absolute atomic E-state index is 12.0. The fourth-order valence-electron chi connectivity index (χ4n) is 2.11. The number of aryl methyl sites for hydroxylation is 1. The highest BCUT2D eigenvalue weighted by Crippen LogP contribution is 2.16. The average Bonchev–Trinajstić information content (AvgIpc) is 2.64. The first-order valence-corrected chi connectivity index (χ1v) is 10.8. The second kappa shape index (κ2) is 10.6. The van der Waals surface area contributed by atoms with E-state index >= 15 is 0 Å². The van der Waals surface area contributed by atoms with E-state index in [2.05, 4.69) is 0 Å². The van der Waals surface area contributed by atoms with Crippen LogP contribution in [0.5, 0.6) is 5.75 Å². The lowest BCUT2D eigenvalue weighted by Gasteiger charge is -2.07. The van der Waals surface area contributed by atoms with Crippen molar-refractivity contribution in [2.75, 3.05) is 32.7 Å². The molecular formula is C19H24O5S2. The van der Waals surface area contributed by atoms with Gasteiger partial charge in [0.1, 0.15) is 5.75 Å². The second-order valence-electron chi connectivity index (χ2n) is 5.60. The summed E-state index contributed by atoms with van der Waals surface area (Å²) in [6.45, 7) is 2.71. The zero-order chi connectivity index (χ0) is 18.8. The average molecular weight is 397 g/mol. The van der Waals surface area contributed by atoms with Crippen molar-refractivity contribution in [3.8, 4) is 5.75 Å². The molecule has 0 heterocycles. The summed E-state index contributed by atoms with van der Waals surface area (Å²) in [4.78, 5) is 0.165. The van der Waals surface area contributed by atoms with Gasteiger partial charge >= 0.3 is 0 Å². The van der Waals surface area contributed by atoms with Crippen LogP contribution in [-0.4, -0.2) is 41.1 Å². The number of benzene rings is 2. The molecule has 0 saturated heterocycles. The summed E-state index contributed by atoms with van der Waals surface area (Å²) < 4.78 is 39.5. The smallest absolute Gasteiger partial charge is 0.297 e. The normalized spacial score (nSPS) is 11.5. The molecule has 2 rings (SSSR count). The molecule has 0 amide bonds. The summed E-state index contributed by atoms with van der Waals surface area (Å²) in [5, 5.41) is 0. The zero-order valence-corrected chi connectivity index (χ0v) is 16.6. The molecule has 0 aliphatic rings. The number of hydrogen-bond donors (Lipinski definition) is 0. The summed E-state index contributed by atoms with van der Waals surface area (Å²) in [7, 11) is -2.06. The van der Waals surface area contributed by atoms with E-state index < -0.39 is 10.1 Å². The summed E-state index contributed by atoms with van der Waals surface area (Å²) in [6, 6.07) is 14.5. The standard InChI is InChI=1S/C19H24O5S2/c1-16-3-9-19(10-4-16)26(20,21)24-12-11-23-13-14-25-15-17-5-7-18(22-2)8-6-17/h3-10H,11-15H2,1-2H3. The van der Waals surface area contributed by atoms with E-state index in [0.29, 0.717) is 6.61 Å². The van der Waals surface area contributed by atoms with Crippen LogP contribution in [0.15, 0.2) is 53.4 Å². The van der Waals surface area contributed by atoms with E-state index in [1.807, 2.05) is 31.2 Å². The number of thioether (sulfide) groups is 1. The van der Waals surface area contributed by atoms with Gasteiger partial charge < -0.3 is 9.47 Å². The van der Waals surface area contributed by atoms with Crippen molar-refractivity contribution in [1.82, 2.24) is 0 Å². The molecule has 142 valence electrons. The third-order valence-corrected chi connectivity index (χ3v) is 5.89. The lowest BCUT2D eigenvalue weighted by Crippen LogP contribution is -2.12. The molecule has 5 nitrogen and oxygen atoms in total. The molecule has 0 saturated carbocycles. The Hall–Kier alpha value is -1.54. The highest BCUT2D eigenvalue weighted by molar-refractivity contribution is 7.98. The molecule has 26 heavy (non-hydrogen) atoms. The molecule has 0 N–H and O–H groups in total. The monoisotopic (exact) mass is 396 g/mol. The Kier molecular flexibility index (Phi) is 8.44. The Bertz CT molecular complexity index is 756. The van der Waals surface area contributed by atoms with Gasteiger partial charge in [-0.25, -0.2) is 0 Å². The van der Waals surface area contributed by atoms with Gasteiger partial charge in [-0.15, -0.1) is 0 Å². The molecule has 0 fully saturated rings. The van der Waals surface area contributed by atoms with Gasteiger partial charge in [0.15, 0.2) is 0 Å². The van der Waals surface area contributed by atoms with Crippen LogP contribution in [0.4, 0.5) is 0 Å². The first kappa shape index (κ1) is 20.8.